The molecule has 120 valence electrons. The predicted molar refractivity (Wildman–Crippen MR) is 85.3 cm³/mol. The van der Waals surface area contributed by atoms with E-state index < -0.39 is 5.91 Å². The molecule has 0 saturated carbocycles. The number of nitrogens with one attached hydrogen (secondary N) is 2. The van der Waals surface area contributed by atoms with Crippen molar-refractivity contribution in [3.63, 3.8) is 0 Å². The molecule has 5 nitrogen and oxygen atoms in total. The van der Waals surface area contributed by atoms with Crippen molar-refractivity contribution in [1.82, 2.24) is 10.6 Å². The van der Waals surface area contributed by atoms with E-state index in [2.05, 4.69) is 10.6 Å². The zero-order valence-electron chi connectivity index (χ0n) is 12.0. The molecule has 2 rings (SSSR count). The van der Waals surface area contributed by atoms with Crippen molar-refractivity contribution in [3.8, 4) is 0 Å². The van der Waals surface area contributed by atoms with Crippen LogP contribution in [0.4, 0.5) is 0 Å². The van der Waals surface area contributed by atoms with E-state index in [9.17, 15) is 9.59 Å². The number of benzene rings is 1. The van der Waals surface area contributed by atoms with E-state index in [1.54, 1.807) is 12.1 Å². The number of carbonyl (C=O) groups excluding carboxylic acids is 2. The van der Waals surface area contributed by atoms with Crippen LogP contribution in [0.1, 0.15) is 23.2 Å². The molecule has 1 aromatic rings. The Morgan fingerprint density at radius 2 is 2.09 bits per heavy atom. The first-order valence-electron chi connectivity index (χ1n) is 7.14. The average Bonchev–Trinajstić information content (AvgIpc) is 3.00. The Balaban J connectivity index is 1.71. The van der Waals surface area contributed by atoms with E-state index in [0.29, 0.717) is 22.5 Å². The van der Waals surface area contributed by atoms with Crippen LogP contribution in [0.3, 0.4) is 0 Å². The Labute approximate surface area is 139 Å². The Kier molecular flexibility index (Phi) is 6.49. The Morgan fingerprint density at radius 3 is 2.82 bits per heavy atom. The number of hydrogen-bond acceptors (Lipinski definition) is 3. The van der Waals surface area contributed by atoms with Crippen LogP contribution < -0.4 is 10.6 Å². The normalized spacial score (nSPS) is 17.3. The summed E-state index contributed by atoms with van der Waals surface area (Å²) < 4.78 is 5.27. The van der Waals surface area contributed by atoms with Gasteiger partial charge < -0.3 is 15.4 Å². The molecule has 0 aliphatic carbocycles. The molecule has 0 spiro atoms. The van der Waals surface area contributed by atoms with Gasteiger partial charge in [0, 0.05) is 24.8 Å². The second kappa shape index (κ2) is 8.36. The Morgan fingerprint density at radius 1 is 1.27 bits per heavy atom. The first-order valence-corrected chi connectivity index (χ1v) is 7.89. The minimum Gasteiger partial charge on any atom is -0.381 e. The fourth-order valence-electron chi connectivity index (χ4n) is 2.22. The van der Waals surface area contributed by atoms with Crippen LogP contribution in [0.2, 0.25) is 10.0 Å². The number of ether oxygens (including phenoxy) is 1. The molecule has 0 bridgehead atoms. The SMILES string of the molecule is O=C(CNC(=O)c1cc(Cl)ccc1Cl)NCC[C@@H]1CCOC1. The summed E-state index contributed by atoms with van der Waals surface area (Å²) in [5.41, 5.74) is 0.255. The van der Waals surface area contributed by atoms with E-state index in [0.717, 1.165) is 26.1 Å². The van der Waals surface area contributed by atoms with Gasteiger partial charge in [0.1, 0.15) is 0 Å². The van der Waals surface area contributed by atoms with Crippen molar-refractivity contribution in [2.24, 2.45) is 5.92 Å². The molecule has 1 aliphatic rings. The van der Waals surface area contributed by atoms with Gasteiger partial charge in [0.25, 0.3) is 5.91 Å². The van der Waals surface area contributed by atoms with Gasteiger partial charge in [-0.2, -0.15) is 0 Å². The van der Waals surface area contributed by atoms with E-state index in [4.69, 9.17) is 27.9 Å². The molecule has 0 aromatic heterocycles. The summed E-state index contributed by atoms with van der Waals surface area (Å²) in [7, 11) is 0. The molecule has 1 saturated heterocycles. The minimum absolute atomic E-state index is 0.0944. The molecule has 0 unspecified atom stereocenters. The van der Waals surface area contributed by atoms with Crippen molar-refractivity contribution < 1.29 is 14.3 Å². The Bertz CT molecular complexity index is 546. The molecule has 1 heterocycles. The van der Waals surface area contributed by atoms with E-state index in [1.807, 2.05) is 0 Å². The number of carbonyl (C=O) groups is 2. The molecule has 1 fully saturated rings. The topological polar surface area (TPSA) is 67.4 Å². The van der Waals surface area contributed by atoms with Gasteiger partial charge in [-0.05, 0) is 37.0 Å². The summed E-state index contributed by atoms with van der Waals surface area (Å²) >= 11 is 11.8. The second-order valence-corrected chi connectivity index (χ2v) is 6.02. The summed E-state index contributed by atoms with van der Waals surface area (Å²) in [4.78, 5) is 23.6. The largest absolute Gasteiger partial charge is 0.381 e. The van der Waals surface area contributed by atoms with Crippen LogP contribution in [0.5, 0.6) is 0 Å². The van der Waals surface area contributed by atoms with Crippen molar-refractivity contribution in [2.45, 2.75) is 12.8 Å². The van der Waals surface area contributed by atoms with Gasteiger partial charge in [-0.25, -0.2) is 0 Å². The maximum Gasteiger partial charge on any atom is 0.253 e. The van der Waals surface area contributed by atoms with Crippen LogP contribution in [-0.2, 0) is 9.53 Å². The number of amides is 2. The highest BCUT2D eigenvalue weighted by Gasteiger charge is 2.16. The maximum atomic E-state index is 12.0. The zero-order chi connectivity index (χ0) is 15.9. The average molecular weight is 345 g/mol. The van der Waals surface area contributed by atoms with Crippen molar-refractivity contribution in [3.05, 3.63) is 33.8 Å². The summed E-state index contributed by atoms with van der Waals surface area (Å²) in [5.74, 6) is -0.141. The minimum atomic E-state index is -0.424. The van der Waals surface area contributed by atoms with Crippen molar-refractivity contribution in [1.29, 1.82) is 0 Å². The van der Waals surface area contributed by atoms with Gasteiger partial charge in [0.05, 0.1) is 17.1 Å². The third-order valence-electron chi connectivity index (χ3n) is 3.48. The molecular weight excluding hydrogens is 327 g/mol. The summed E-state index contributed by atoms with van der Waals surface area (Å²) in [6.07, 6.45) is 1.93. The third-order valence-corrected chi connectivity index (χ3v) is 4.05. The highest BCUT2D eigenvalue weighted by atomic mass is 35.5. The molecule has 7 heteroatoms. The quantitative estimate of drug-likeness (QED) is 0.831. The van der Waals surface area contributed by atoms with Crippen LogP contribution in [-0.4, -0.2) is 38.1 Å². The molecular formula is C15H18Cl2N2O3. The Hall–Kier alpha value is -1.30. The van der Waals surface area contributed by atoms with Gasteiger partial charge in [0.2, 0.25) is 5.91 Å². The summed E-state index contributed by atoms with van der Waals surface area (Å²) in [6, 6.07) is 4.61. The van der Waals surface area contributed by atoms with Gasteiger partial charge in [-0.15, -0.1) is 0 Å². The van der Waals surface area contributed by atoms with Crippen molar-refractivity contribution in [2.75, 3.05) is 26.3 Å². The molecule has 1 aliphatic heterocycles. The lowest BCUT2D eigenvalue weighted by molar-refractivity contribution is -0.120. The first kappa shape index (κ1) is 17.1. The second-order valence-electron chi connectivity index (χ2n) is 5.18. The van der Waals surface area contributed by atoms with Gasteiger partial charge >= 0.3 is 0 Å². The lowest BCUT2D eigenvalue weighted by atomic mass is 10.1. The van der Waals surface area contributed by atoms with Crippen LogP contribution in [0.15, 0.2) is 18.2 Å². The van der Waals surface area contributed by atoms with Crippen LogP contribution in [0.25, 0.3) is 0 Å². The van der Waals surface area contributed by atoms with Crippen molar-refractivity contribution >= 4 is 35.0 Å². The van der Waals surface area contributed by atoms with E-state index >= 15 is 0 Å². The lowest BCUT2D eigenvalue weighted by Crippen LogP contribution is -2.37. The third kappa shape index (κ3) is 5.16. The molecule has 22 heavy (non-hydrogen) atoms. The standard InChI is InChI=1S/C15H18Cl2N2O3/c16-11-1-2-13(17)12(7-11)15(21)19-8-14(20)18-5-3-10-4-6-22-9-10/h1-2,7,10H,3-6,8-9H2,(H,18,20)(H,19,21)/t10-/m1/s1. The van der Waals surface area contributed by atoms with Gasteiger partial charge in [-0.3, -0.25) is 9.59 Å². The van der Waals surface area contributed by atoms with Crippen LogP contribution in [0, 0.1) is 5.92 Å². The number of hydrogen-bond donors (Lipinski definition) is 2. The number of rotatable bonds is 6. The summed E-state index contributed by atoms with van der Waals surface area (Å²) in [6.45, 7) is 2.05. The highest BCUT2D eigenvalue weighted by molar-refractivity contribution is 6.35. The fraction of sp³-hybridized carbons (Fsp3) is 0.467. The zero-order valence-corrected chi connectivity index (χ0v) is 13.5. The fourth-order valence-corrected chi connectivity index (χ4v) is 2.59. The van der Waals surface area contributed by atoms with Crippen LogP contribution >= 0.6 is 23.2 Å². The van der Waals surface area contributed by atoms with Gasteiger partial charge in [-0.1, -0.05) is 23.2 Å². The van der Waals surface area contributed by atoms with Gasteiger partial charge in [0.15, 0.2) is 0 Å². The van der Waals surface area contributed by atoms with E-state index in [-0.39, 0.29) is 18.0 Å². The molecule has 1 aromatic carbocycles. The maximum absolute atomic E-state index is 12.0. The molecule has 2 amide bonds. The highest BCUT2D eigenvalue weighted by Crippen LogP contribution is 2.20. The number of halogens is 2. The van der Waals surface area contributed by atoms with E-state index in [1.165, 1.54) is 6.07 Å². The first-order chi connectivity index (χ1) is 10.6. The summed E-state index contributed by atoms with van der Waals surface area (Å²) in [5, 5.41) is 6.01. The smallest absolute Gasteiger partial charge is 0.253 e. The monoisotopic (exact) mass is 344 g/mol. The lowest BCUT2D eigenvalue weighted by Gasteiger charge is -2.10. The molecule has 1 atom stereocenters. The predicted octanol–water partition coefficient (Wildman–Crippen LogP) is 2.27. The molecule has 2 N–H and O–H groups in total. The molecule has 0 radical (unpaired) electrons.